The van der Waals surface area contributed by atoms with Crippen LogP contribution >= 0.6 is 31.9 Å². The molecule has 2 unspecified atom stereocenters. The summed E-state index contributed by atoms with van der Waals surface area (Å²) < 4.78 is 61.7. The molecule has 16 heavy (non-hydrogen) atoms. The molecule has 0 amide bonds. The van der Waals surface area contributed by atoms with Gasteiger partial charge in [-0.05, 0) is 18.9 Å². The first-order valence-corrected chi connectivity index (χ1v) is 7.38. The smallest absolute Gasteiger partial charge is 0.380 e. The average Bonchev–Trinajstić information content (AvgIpc) is 2.09. The van der Waals surface area contributed by atoms with Gasteiger partial charge in [0, 0.05) is 4.83 Å². The molecule has 2 atom stereocenters. The van der Waals surface area contributed by atoms with Gasteiger partial charge in [0.15, 0.2) is 0 Å². The lowest BCUT2D eigenvalue weighted by molar-refractivity contribution is -0.0523. The quantitative estimate of drug-likeness (QED) is 0.415. The second kappa shape index (κ2) is 4.85. The van der Waals surface area contributed by atoms with E-state index < -0.39 is 20.5 Å². The van der Waals surface area contributed by atoms with Crippen molar-refractivity contribution in [1.82, 2.24) is 0 Å². The van der Waals surface area contributed by atoms with Crippen LogP contribution in [0.4, 0.5) is 13.2 Å². The Balaban J connectivity index is 2.89. The first kappa shape index (κ1) is 14.3. The third kappa shape index (κ3) is 3.36. The number of rotatable bonds is 2. The Morgan fingerprint density at radius 1 is 1.31 bits per heavy atom. The van der Waals surface area contributed by atoms with Gasteiger partial charge in [-0.3, -0.25) is 0 Å². The highest BCUT2D eigenvalue weighted by Gasteiger charge is 2.49. The molecule has 94 valence electrons. The van der Waals surface area contributed by atoms with Gasteiger partial charge in [0.2, 0.25) is 0 Å². The molecular formula is C7H7Br2F3O3S. The molecule has 0 spiro atoms. The van der Waals surface area contributed by atoms with Crippen molar-refractivity contribution < 1.29 is 25.8 Å². The molecule has 0 aromatic heterocycles. The first-order valence-electron chi connectivity index (χ1n) is 4.14. The maximum Gasteiger partial charge on any atom is 0.534 e. The van der Waals surface area contributed by atoms with Crippen molar-refractivity contribution in [2.75, 3.05) is 0 Å². The van der Waals surface area contributed by atoms with E-state index in [0.717, 1.165) is 0 Å². The largest absolute Gasteiger partial charge is 0.534 e. The zero-order chi connectivity index (χ0) is 12.6. The molecule has 0 aromatic rings. The van der Waals surface area contributed by atoms with Gasteiger partial charge in [0.25, 0.3) is 0 Å². The van der Waals surface area contributed by atoms with Crippen molar-refractivity contribution in [2.24, 2.45) is 0 Å². The Hall–Kier alpha value is 0.240. The van der Waals surface area contributed by atoms with Crippen LogP contribution in [0.3, 0.4) is 0 Å². The molecule has 0 heterocycles. The molecule has 3 nitrogen and oxygen atoms in total. The third-order valence-corrected chi connectivity index (χ3v) is 4.45. The predicted octanol–water partition coefficient (Wildman–Crippen LogP) is 3.06. The Morgan fingerprint density at radius 3 is 2.38 bits per heavy atom. The summed E-state index contributed by atoms with van der Waals surface area (Å²) in [6.07, 6.45) is 2.50. The molecule has 0 aliphatic heterocycles. The summed E-state index contributed by atoms with van der Waals surface area (Å²) in [5.41, 5.74) is -5.40. The van der Waals surface area contributed by atoms with Gasteiger partial charge < -0.3 is 4.18 Å². The highest BCUT2D eigenvalue weighted by Crippen LogP contribution is 2.34. The van der Waals surface area contributed by atoms with E-state index >= 15 is 0 Å². The maximum atomic E-state index is 12.0. The normalized spacial score (nSPS) is 27.4. The highest BCUT2D eigenvalue weighted by atomic mass is 79.9. The van der Waals surface area contributed by atoms with Crippen LogP contribution in [0.2, 0.25) is 0 Å². The van der Waals surface area contributed by atoms with Crippen molar-refractivity contribution in [1.29, 1.82) is 0 Å². The minimum atomic E-state index is -5.57. The van der Waals surface area contributed by atoms with E-state index in [1.54, 1.807) is 0 Å². The van der Waals surface area contributed by atoms with Crippen molar-refractivity contribution in [3.05, 3.63) is 11.8 Å². The lowest BCUT2D eigenvalue weighted by Crippen LogP contribution is -2.28. The molecule has 1 aliphatic carbocycles. The monoisotopic (exact) mass is 386 g/mol. The van der Waals surface area contributed by atoms with Gasteiger partial charge in [-0.2, -0.15) is 21.6 Å². The lowest BCUT2D eigenvalue weighted by atomic mass is 10.1. The fourth-order valence-electron chi connectivity index (χ4n) is 1.07. The Morgan fingerprint density at radius 2 is 1.88 bits per heavy atom. The number of alkyl halides is 5. The molecular weight excluding hydrogens is 381 g/mol. The van der Waals surface area contributed by atoms with Crippen molar-refractivity contribution in [2.45, 2.75) is 28.0 Å². The molecule has 0 N–H and O–H groups in total. The lowest BCUT2D eigenvalue weighted by Gasteiger charge is -2.22. The standard InChI is InChI=1S/C7H7Br2F3O3S/c8-4-1-2-5(9)6(3-4)15-16(13,14)7(10,11)12/h3-5H,1-2H2. The van der Waals surface area contributed by atoms with Gasteiger partial charge >= 0.3 is 15.6 Å². The number of hydrogen-bond acceptors (Lipinski definition) is 3. The summed E-state index contributed by atoms with van der Waals surface area (Å²) in [6, 6.07) is 0. The van der Waals surface area contributed by atoms with Crippen molar-refractivity contribution in [3.63, 3.8) is 0 Å². The van der Waals surface area contributed by atoms with Gasteiger partial charge in [-0.15, -0.1) is 0 Å². The molecule has 0 fully saturated rings. The van der Waals surface area contributed by atoms with Crippen LogP contribution in [0.15, 0.2) is 11.8 Å². The van der Waals surface area contributed by atoms with E-state index in [-0.39, 0.29) is 10.6 Å². The average molecular weight is 388 g/mol. The summed E-state index contributed by atoms with van der Waals surface area (Å²) in [7, 11) is -5.57. The van der Waals surface area contributed by atoms with Crippen LogP contribution in [0, 0.1) is 0 Å². The summed E-state index contributed by atoms with van der Waals surface area (Å²) in [5.74, 6) is -0.231. The number of halogens is 5. The van der Waals surface area contributed by atoms with Gasteiger partial charge in [0.05, 0.1) is 4.83 Å². The van der Waals surface area contributed by atoms with Crippen LogP contribution < -0.4 is 0 Å². The Kier molecular flexibility index (Phi) is 4.34. The topological polar surface area (TPSA) is 43.4 Å². The van der Waals surface area contributed by atoms with E-state index in [9.17, 15) is 21.6 Å². The zero-order valence-corrected chi connectivity index (χ0v) is 11.7. The molecule has 0 aromatic carbocycles. The van der Waals surface area contributed by atoms with Crippen molar-refractivity contribution in [3.8, 4) is 0 Å². The van der Waals surface area contributed by atoms with Crippen molar-refractivity contribution >= 4 is 42.0 Å². The Bertz CT molecular complexity index is 390. The third-order valence-electron chi connectivity index (χ3n) is 1.84. The van der Waals surface area contributed by atoms with E-state index in [0.29, 0.717) is 12.8 Å². The van der Waals surface area contributed by atoms with Gasteiger partial charge in [0.1, 0.15) is 5.76 Å². The Labute approximate surface area is 107 Å². The van der Waals surface area contributed by atoms with Crippen LogP contribution in [0.1, 0.15) is 12.8 Å². The summed E-state index contributed by atoms with van der Waals surface area (Å²) in [4.78, 5) is -0.696. The molecule has 9 heteroatoms. The number of hydrogen-bond donors (Lipinski definition) is 0. The minimum Gasteiger partial charge on any atom is -0.380 e. The predicted molar refractivity (Wildman–Crippen MR) is 58.8 cm³/mol. The van der Waals surface area contributed by atoms with E-state index in [2.05, 4.69) is 36.0 Å². The van der Waals surface area contributed by atoms with Crippen LogP contribution in [-0.2, 0) is 14.3 Å². The highest BCUT2D eigenvalue weighted by molar-refractivity contribution is 9.10. The molecule has 0 radical (unpaired) electrons. The van der Waals surface area contributed by atoms with Crippen LogP contribution in [-0.4, -0.2) is 23.6 Å². The molecule has 1 rings (SSSR count). The second-order valence-electron chi connectivity index (χ2n) is 3.11. The SMILES string of the molecule is O=S(=O)(OC1=CC(Br)CCC1Br)C(F)(F)F. The van der Waals surface area contributed by atoms with E-state index in [4.69, 9.17) is 0 Å². The first-order chi connectivity index (χ1) is 7.13. The van der Waals surface area contributed by atoms with Crippen LogP contribution in [0.25, 0.3) is 0 Å². The summed E-state index contributed by atoms with van der Waals surface area (Å²) >= 11 is 6.22. The fourth-order valence-corrected chi connectivity index (χ4v) is 2.75. The molecule has 0 saturated carbocycles. The second-order valence-corrected chi connectivity index (χ2v) is 6.93. The molecule has 0 saturated heterocycles. The van der Waals surface area contributed by atoms with E-state index in [1.165, 1.54) is 6.08 Å². The number of allylic oxidation sites excluding steroid dienone is 2. The summed E-state index contributed by atoms with van der Waals surface area (Å²) in [6.45, 7) is 0. The maximum absolute atomic E-state index is 12.0. The van der Waals surface area contributed by atoms with Gasteiger partial charge in [-0.25, -0.2) is 0 Å². The van der Waals surface area contributed by atoms with E-state index in [1.807, 2.05) is 0 Å². The molecule has 0 bridgehead atoms. The van der Waals surface area contributed by atoms with Gasteiger partial charge in [-0.1, -0.05) is 31.9 Å². The molecule has 1 aliphatic rings. The summed E-state index contributed by atoms with van der Waals surface area (Å²) in [5, 5.41) is 0. The van der Waals surface area contributed by atoms with Crippen LogP contribution in [0.5, 0.6) is 0 Å². The zero-order valence-electron chi connectivity index (χ0n) is 7.67. The minimum absolute atomic E-state index is 0.181. The fraction of sp³-hybridized carbons (Fsp3) is 0.714.